The smallest absolute Gasteiger partial charge is 0.193 e. The molecule has 1 aliphatic heterocycles. The lowest BCUT2D eigenvalue weighted by atomic mass is 10.1. The van der Waals surface area contributed by atoms with Crippen LogP contribution in [0.2, 0.25) is 0 Å². The highest BCUT2D eigenvalue weighted by Gasteiger charge is 2.22. The summed E-state index contributed by atoms with van der Waals surface area (Å²) < 4.78 is 37.8. The van der Waals surface area contributed by atoms with E-state index in [1.54, 1.807) is 14.2 Å². The third-order valence-corrected chi connectivity index (χ3v) is 4.24. The zero-order valence-electron chi connectivity index (χ0n) is 15.3. The average Bonchev–Trinajstić information content (AvgIpc) is 2.63. The zero-order chi connectivity index (χ0) is 18.1. The van der Waals surface area contributed by atoms with E-state index in [9.17, 15) is 8.78 Å². The molecule has 1 aromatic carbocycles. The fourth-order valence-electron chi connectivity index (χ4n) is 2.87. The molecule has 0 bridgehead atoms. The molecule has 2 rings (SSSR count). The predicted octanol–water partition coefficient (Wildman–Crippen LogP) is 3.18. The van der Waals surface area contributed by atoms with Crippen molar-refractivity contribution in [3.8, 4) is 0 Å². The highest BCUT2D eigenvalue weighted by Crippen LogP contribution is 2.15. The van der Waals surface area contributed by atoms with Crippen LogP contribution in [-0.2, 0) is 16.0 Å². The maximum atomic E-state index is 13.7. The van der Waals surface area contributed by atoms with Gasteiger partial charge in [-0.15, -0.1) is 24.0 Å². The summed E-state index contributed by atoms with van der Waals surface area (Å²) in [7, 11) is 3.38. The van der Waals surface area contributed by atoms with Gasteiger partial charge in [0.05, 0.1) is 6.10 Å². The minimum absolute atomic E-state index is 0. The van der Waals surface area contributed by atoms with E-state index in [1.165, 1.54) is 6.07 Å². The summed E-state index contributed by atoms with van der Waals surface area (Å²) in [5.74, 6) is -0.173. The molecule has 1 aliphatic rings. The molecule has 0 aliphatic carbocycles. The van der Waals surface area contributed by atoms with Gasteiger partial charge in [-0.1, -0.05) is 0 Å². The molecule has 1 aromatic rings. The summed E-state index contributed by atoms with van der Waals surface area (Å²) in [4.78, 5) is 6.37. The van der Waals surface area contributed by atoms with Crippen molar-refractivity contribution in [1.82, 2.24) is 10.2 Å². The Labute approximate surface area is 171 Å². The monoisotopic (exact) mass is 483 g/mol. The number of ether oxygens (including phenoxy) is 2. The minimum Gasteiger partial charge on any atom is -0.385 e. The molecule has 1 saturated heterocycles. The molecular formula is C18H28F2IN3O2. The van der Waals surface area contributed by atoms with Crippen LogP contribution >= 0.6 is 24.0 Å². The van der Waals surface area contributed by atoms with Crippen LogP contribution in [0.4, 0.5) is 8.78 Å². The van der Waals surface area contributed by atoms with Gasteiger partial charge in [0.2, 0.25) is 0 Å². The van der Waals surface area contributed by atoms with E-state index in [0.717, 1.165) is 44.5 Å². The van der Waals surface area contributed by atoms with Crippen molar-refractivity contribution in [2.75, 3.05) is 40.5 Å². The standard InChI is InChI=1S/C18H27F2N3O2.HI/c1-21-18(22-13-14-12-15(19)4-5-17(14)20)23-8-6-16(7-9-23)25-11-3-10-24-2;/h4-5,12,16H,3,6-11,13H2,1-2H3,(H,21,22);1H. The van der Waals surface area contributed by atoms with E-state index in [2.05, 4.69) is 15.2 Å². The average molecular weight is 483 g/mol. The van der Waals surface area contributed by atoms with Gasteiger partial charge in [-0.3, -0.25) is 4.99 Å². The number of piperidine rings is 1. The van der Waals surface area contributed by atoms with Crippen molar-refractivity contribution >= 4 is 29.9 Å². The Balaban J connectivity index is 0.00000338. The molecule has 0 amide bonds. The Morgan fingerprint density at radius 1 is 1.27 bits per heavy atom. The molecule has 8 heteroatoms. The van der Waals surface area contributed by atoms with E-state index in [-0.39, 0.29) is 42.2 Å². The molecule has 148 valence electrons. The van der Waals surface area contributed by atoms with Crippen LogP contribution in [0.5, 0.6) is 0 Å². The molecule has 0 saturated carbocycles. The number of hydrogen-bond acceptors (Lipinski definition) is 3. The number of nitrogens with zero attached hydrogens (tertiary/aromatic N) is 2. The number of aliphatic imine (C=N–C) groups is 1. The number of halogens is 3. The molecule has 1 N–H and O–H groups in total. The maximum absolute atomic E-state index is 13.7. The van der Waals surface area contributed by atoms with Crippen molar-refractivity contribution in [2.24, 2.45) is 4.99 Å². The van der Waals surface area contributed by atoms with Crippen molar-refractivity contribution in [3.63, 3.8) is 0 Å². The number of hydrogen-bond donors (Lipinski definition) is 1. The number of rotatable bonds is 7. The molecule has 1 heterocycles. The van der Waals surface area contributed by atoms with Gasteiger partial charge in [-0.05, 0) is 37.5 Å². The molecule has 5 nitrogen and oxygen atoms in total. The Kier molecular flexibility index (Phi) is 11.0. The van der Waals surface area contributed by atoms with Crippen molar-refractivity contribution < 1.29 is 18.3 Å². The van der Waals surface area contributed by atoms with E-state index in [1.807, 2.05) is 0 Å². The van der Waals surface area contributed by atoms with Gasteiger partial charge in [-0.2, -0.15) is 0 Å². The fourth-order valence-corrected chi connectivity index (χ4v) is 2.87. The predicted molar refractivity (Wildman–Crippen MR) is 109 cm³/mol. The first kappa shape index (κ1) is 23.0. The Morgan fingerprint density at radius 3 is 2.65 bits per heavy atom. The van der Waals surface area contributed by atoms with E-state index >= 15 is 0 Å². The normalized spacial score (nSPS) is 15.7. The maximum Gasteiger partial charge on any atom is 0.193 e. The second-order valence-electron chi connectivity index (χ2n) is 6.04. The highest BCUT2D eigenvalue weighted by atomic mass is 127. The Morgan fingerprint density at radius 2 is 2.00 bits per heavy atom. The molecule has 0 unspecified atom stereocenters. The van der Waals surface area contributed by atoms with Crippen LogP contribution in [0, 0.1) is 11.6 Å². The van der Waals surface area contributed by atoms with Crippen LogP contribution in [0.15, 0.2) is 23.2 Å². The summed E-state index contributed by atoms with van der Waals surface area (Å²) in [6, 6.07) is 3.46. The van der Waals surface area contributed by atoms with Gasteiger partial charge in [0.25, 0.3) is 0 Å². The van der Waals surface area contributed by atoms with E-state index in [4.69, 9.17) is 9.47 Å². The number of benzene rings is 1. The quantitative estimate of drug-likeness (QED) is 0.280. The van der Waals surface area contributed by atoms with Crippen LogP contribution in [0.3, 0.4) is 0 Å². The van der Waals surface area contributed by atoms with Crippen LogP contribution in [0.25, 0.3) is 0 Å². The first-order valence-corrected chi connectivity index (χ1v) is 8.64. The molecule has 0 radical (unpaired) electrons. The lowest BCUT2D eigenvalue weighted by Crippen LogP contribution is -2.46. The van der Waals surface area contributed by atoms with Crippen molar-refractivity contribution in [1.29, 1.82) is 0 Å². The van der Waals surface area contributed by atoms with Gasteiger partial charge in [0.15, 0.2) is 5.96 Å². The topological polar surface area (TPSA) is 46.1 Å². The molecule has 0 aromatic heterocycles. The lowest BCUT2D eigenvalue weighted by Gasteiger charge is -2.34. The Bertz CT molecular complexity index is 567. The van der Waals surface area contributed by atoms with E-state index in [0.29, 0.717) is 19.2 Å². The highest BCUT2D eigenvalue weighted by molar-refractivity contribution is 14.0. The molecular weight excluding hydrogens is 455 g/mol. The van der Waals surface area contributed by atoms with Crippen LogP contribution in [0.1, 0.15) is 24.8 Å². The van der Waals surface area contributed by atoms with Gasteiger partial charge >= 0.3 is 0 Å². The van der Waals surface area contributed by atoms with Crippen molar-refractivity contribution in [3.05, 3.63) is 35.4 Å². The minimum atomic E-state index is -0.445. The largest absolute Gasteiger partial charge is 0.385 e. The van der Waals surface area contributed by atoms with Gasteiger partial charge in [0.1, 0.15) is 11.6 Å². The number of guanidine groups is 1. The first-order valence-electron chi connectivity index (χ1n) is 8.64. The lowest BCUT2D eigenvalue weighted by molar-refractivity contribution is 0.00989. The van der Waals surface area contributed by atoms with Crippen LogP contribution < -0.4 is 5.32 Å². The van der Waals surface area contributed by atoms with Crippen LogP contribution in [-0.4, -0.2) is 57.4 Å². The summed E-state index contributed by atoms with van der Waals surface area (Å²) in [5, 5.41) is 3.11. The molecule has 0 spiro atoms. The number of methoxy groups -OCH3 is 1. The summed E-state index contributed by atoms with van der Waals surface area (Å²) in [5.41, 5.74) is 0.289. The number of likely N-dealkylation sites (tertiary alicyclic amines) is 1. The zero-order valence-corrected chi connectivity index (χ0v) is 17.7. The Hall–Kier alpha value is -1.00. The molecule has 1 fully saturated rings. The SMILES string of the molecule is CN=C(NCc1cc(F)ccc1F)N1CCC(OCCCOC)CC1.I. The van der Waals surface area contributed by atoms with Gasteiger partial charge in [0, 0.05) is 52.6 Å². The van der Waals surface area contributed by atoms with Crippen molar-refractivity contribution in [2.45, 2.75) is 31.9 Å². The molecule has 0 atom stereocenters. The summed E-state index contributed by atoms with van der Waals surface area (Å²) in [6.45, 7) is 3.26. The first-order chi connectivity index (χ1) is 12.1. The summed E-state index contributed by atoms with van der Waals surface area (Å²) >= 11 is 0. The number of nitrogens with one attached hydrogen (secondary N) is 1. The second-order valence-corrected chi connectivity index (χ2v) is 6.04. The van der Waals surface area contributed by atoms with Gasteiger partial charge < -0.3 is 19.7 Å². The third kappa shape index (κ3) is 7.32. The third-order valence-electron chi connectivity index (χ3n) is 4.24. The summed E-state index contributed by atoms with van der Waals surface area (Å²) in [6.07, 6.45) is 3.00. The second kappa shape index (κ2) is 12.4. The van der Waals surface area contributed by atoms with E-state index < -0.39 is 11.6 Å². The fraction of sp³-hybridized carbons (Fsp3) is 0.611. The molecule has 26 heavy (non-hydrogen) atoms. The van der Waals surface area contributed by atoms with Gasteiger partial charge in [-0.25, -0.2) is 8.78 Å².